The molecule has 3 aliphatic rings. The van der Waals surface area contributed by atoms with Gasteiger partial charge < -0.3 is 10.4 Å². The molecule has 2 aliphatic carbocycles. The van der Waals surface area contributed by atoms with E-state index in [0.29, 0.717) is 17.2 Å². The Hall–Kier alpha value is -2.63. The summed E-state index contributed by atoms with van der Waals surface area (Å²) < 4.78 is 0. The van der Waals surface area contributed by atoms with Gasteiger partial charge in [0.15, 0.2) is 0 Å². The molecule has 0 spiro atoms. The van der Waals surface area contributed by atoms with Crippen molar-refractivity contribution in [2.45, 2.75) is 37.6 Å². The molecule has 0 amide bonds. The summed E-state index contributed by atoms with van der Waals surface area (Å²) in [6.07, 6.45) is 12.4. The summed E-state index contributed by atoms with van der Waals surface area (Å²) in [5, 5.41) is 24.5. The molecule has 1 aliphatic heterocycles. The fourth-order valence-electron chi connectivity index (χ4n) is 4.68. The number of nitro groups is 1. The fourth-order valence-corrected chi connectivity index (χ4v) is 4.68. The van der Waals surface area contributed by atoms with Crippen LogP contribution in [0.25, 0.3) is 0 Å². The van der Waals surface area contributed by atoms with Crippen LogP contribution >= 0.6 is 0 Å². The topological polar surface area (TPSA) is 92.5 Å². The van der Waals surface area contributed by atoms with Crippen molar-refractivity contribution >= 4 is 17.3 Å². The van der Waals surface area contributed by atoms with Gasteiger partial charge in [-0.2, -0.15) is 0 Å². The van der Waals surface area contributed by atoms with Gasteiger partial charge >= 0.3 is 5.97 Å². The maximum absolute atomic E-state index is 11.7. The third-order valence-electron chi connectivity index (χ3n) is 5.79. The molecule has 25 heavy (non-hydrogen) atoms. The Bertz CT molecular complexity index is 799. The van der Waals surface area contributed by atoms with E-state index in [1.54, 1.807) is 0 Å². The van der Waals surface area contributed by atoms with Gasteiger partial charge in [0.05, 0.1) is 21.7 Å². The molecule has 0 radical (unpaired) electrons. The van der Waals surface area contributed by atoms with E-state index in [0.717, 1.165) is 25.7 Å². The molecule has 0 unspecified atom stereocenters. The first kappa shape index (κ1) is 15.9. The molecule has 0 fully saturated rings. The summed E-state index contributed by atoms with van der Waals surface area (Å²) in [7, 11) is 0. The van der Waals surface area contributed by atoms with Crippen molar-refractivity contribution in [2.75, 3.05) is 5.32 Å². The second-order valence-corrected chi connectivity index (χ2v) is 7.05. The van der Waals surface area contributed by atoms with Crippen molar-refractivity contribution in [1.82, 2.24) is 0 Å². The normalized spacial score (nSPS) is 29.6. The molecule has 1 aromatic rings. The Balaban J connectivity index is 1.85. The zero-order valence-electron chi connectivity index (χ0n) is 13.7. The van der Waals surface area contributed by atoms with Crippen molar-refractivity contribution < 1.29 is 14.8 Å². The molecular weight excluding hydrogens is 320 g/mol. The number of aromatic carboxylic acids is 1. The molecule has 0 saturated heterocycles. The Morgan fingerprint density at radius 2 is 2.08 bits per heavy atom. The predicted octanol–water partition coefficient (Wildman–Crippen LogP) is 4.10. The molecule has 0 bridgehead atoms. The zero-order valence-corrected chi connectivity index (χ0v) is 13.7. The minimum Gasteiger partial charge on any atom is -0.478 e. The number of nitrogens with zero attached hydrogens (tertiary/aromatic N) is 1. The molecule has 0 saturated carbocycles. The molecule has 6 heteroatoms. The summed E-state index contributed by atoms with van der Waals surface area (Å²) in [4.78, 5) is 22.8. The minimum atomic E-state index is -1.05. The lowest BCUT2D eigenvalue weighted by Gasteiger charge is -2.42. The number of benzene rings is 1. The SMILES string of the molecule is O=C(O)c1ccc([N+](=O)[O-])c2c1N[C@@H]([C@H]1CC=CCC1)[C@@H]1CC=C[C@H]21. The van der Waals surface area contributed by atoms with Crippen LogP contribution in [-0.4, -0.2) is 22.0 Å². The zero-order chi connectivity index (χ0) is 17.6. The second-order valence-electron chi connectivity index (χ2n) is 7.05. The van der Waals surface area contributed by atoms with Gasteiger partial charge in [0.25, 0.3) is 5.69 Å². The number of nitrogens with one attached hydrogen (secondary N) is 1. The van der Waals surface area contributed by atoms with E-state index in [-0.39, 0.29) is 29.1 Å². The summed E-state index contributed by atoms with van der Waals surface area (Å²) in [6, 6.07) is 2.82. The number of anilines is 1. The van der Waals surface area contributed by atoms with Crippen LogP contribution in [0.1, 0.15) is 47.5 Å². The molecule has 0 aromatic heterocycles. The van der Waals surface area contributed by atoms with Gasteiger partial charge in [-0.3, -0.25) is 10.1 Å². The molecule has 6 nitrogen and oxygen atoms in total. The van der Waals surface area contributed by atoms with Gasteiger partial charge in [0.1, 0.15) is 0 Å². The lowest BCUT2D eigenvalue weighted by molar-refractivity contribution is -0.385. The number of rotatable bonds is 3. The smallest absolute Gasteiger partial charge is 0.337 e. The van der Waals surface area contributed by atoms with Gasteiger partial charge in [0, 0.05) is 18.0 Å². The number of carbonyl (C=O) groups is 1. The van der Waals surface area contributed by atoms with Crippen molar-refractivity contribution in [3.05, 3.63) is 57.7 Å². The van der Waals surface area contributed by atoms with Crippen molar-refractivity contribution in [2.24, 2.45) is 11.8 Å². The van der Waals surface area contributed by atoms with Crippen LogP contribution in [0.5, 0.6) is 0 Å². The lowest BCUT2D eigenvalue weighted by atomic mass is 9.71. The molecule has 4 atom stereocenters. The average molecular weight is 340 g/mol. The van der Waals surface area contributed by atoms with E-state index < -0.39 is 10.9 Å². The number of allylic oxidation sites excluding steroid dienone is 4. The van der Waals surface area contributed by atoms with E-state index in [1.807, 2.05) is 6.08 Å². The van der Waals surface area contributed by atoms with Crippen LogP contribution < -0.4 is 5.32 Å². The maximum Gasteiger partial charge on any atom is 0.337 e. The van der Waals surface area contributed by atoms with Gasteiger partial charge in [-0.1, -0.05) is 24.3 Å². The van der Waals surface area contributed by atoms with Crippen molar-refractivity contribution in [3.8, 4) is 0 Å². The number of fused-ring (bicyclic) bond motifs is 3. The van der Waals surface area contributed by atoms with Crippen LogP contribution in [0, 0.1) is 22.0 Å². The van der Waals surface area contributed by atoms with Crippen LogP contribution in [0.2, 0.25) is 0 Å². The highest BCUT2D eigenvalue weighted by Gasteiger charge is 2.44. The van der Waals surface area contributed by atoms with E-state index in [9.17, 15) is 20.0 Å². The largest absolute Gasteiger partial charge is 0.478 e. The highest BCUT2D eigenvalue weighted by atomic mass is 16.6. The quantitative estimate of drug-likeness (QED) is 0.491. The summed E-state index contributed by atoms with van der Waals surface area (Å²) >= 11 is 0. The van der Waals surface area contributed by atoms with E-state index >= 15 is 0 Å². The third kappa shape index (κ3) is 2.52. The second kappa shape index (κ2) is 6.02. The first-order valence-electron chi connectivity index (χ1n) is 8.70. The Morgan fingerprint density at radius 3 is 2.76 bits per heavy atom. The molecule has 1 aromatic carbocycles. The molecular formula is C19H20N2O4. The van der Waals surface area contributed by atoms with Gasteiger partial charge in [-0.05, 0) is 43.6 Å². The molecule has 4 rings (SSSR count). The standard InChI is InChI=1S/C19H20N2O4/c22-19(23)14-9-10-15(21(24)25)16-12-7-4-8-13(12)17(20-18(14)16)11-5-2-1-3-6-11/h1-2,4,7,9-13,17,20H,3,5-6,8H2,(H,22,23)/t11-,12-,13+,17-/m0/s1. The van der Waals surface area contributed by atoms with Gasteiger partial charge in [0.2, 0.25) is 0 Å². The summed E-state index contributed by atoms with van der Waals surface area (Å²) in [5.74, 6) is -0.480. The van der Waals surface area contributed by atoms with Crippen molar-refractivity contribution in [1.29, 1.82) is 0 Å². The summed E-state index contributed by atoms with van der Waals surface area (Å²) in [5.41, 5.74) is 1.10. The highest BCUT2D eigenvalue weighted by molar-refractivity contribution is 5.97. The lowest BCUT2D eigenvalue weighted by Crippen LogP contribution is -2.42. The highest BCUT2D eigenvalue weighted by Crippen LogP contribution is 2.51. The van der Waals surface area contributed by atoms with E-state index in [1.165, 1.54) is 12.1 Å². The monoisotopic (exact) mass is 340 g/mol. The number of carboxylic acid groups (broad SMARTS) is 1. The first-order chi connectivity index (χ1) is 12.1. The Kier molecular flexibility index (Phi) is 3.82. The number of hydrogen-bond acceptors (Lipinski definition) is 4. The molecule has 130 valence electrons. The minimum absolute atomic E-state index is 0.0102. The average Bonchev–Trinajstić information content (AvgIpc) is 3.10. The molecule has 1 heterocycles. The van der Waals surface area contributed by atoms with Gasteiger partial charge in [-0.25, -0.2) is 4.79 Å². The number of carboxylic acids is 1. The Labute approximate surface area is 145 Å². The van der Waals surface area contributed by atoms with E-state index in [4.69, 9.17) is 0 Å². The van der Waals surface area contributed by atoms with Crippen LogP contribution in [0.15, 0.2) is 36.4 Å². The van der Waals surface area contributed by atoms with E-state index in [2.05, 4.69) is 23.5 Å². The predicted molar refractivity (Wildman–Crippen MR) is 93.9 cm³/mol. The van der Waals surface area contributed by atoms with Gasteiger partial charge in [-0.15, -0.1) is 0 Å². The molecule has 2 N–H and O–H groups in total. The third-order valence-corrected chi connectivity index (χ3v) is 5.79. The first-order valence-corrected chi connectivity index (χ1v) is 8.70. The fraction of sp³-hybridized carbons (Fsp3) is 0.421. The Morgan fingerprint density at radius 1 is 1.24 bits per heavy atom. The van der Waals surface area contributed by atoms with Crippen LogP contribution in [0.4, 0.5) is 11.4 Å². The maximum atomic E-state index is 11.7. The summed E-state index contributed by atoms with van der Waals surface area (Å²) in [6.45, 7) is 0. The van der Waals surface area contributed by atoms with Crippen LogP contribution in [0.3, 0.4) is 0 Å². The number of hydrogen-bond donors (Lipinski definition) is 2. The van der Waals surface area contributed by atoms with Crippen molar-refractivity contribution in [3.63, 3.8) is 0 Å². The van der Waals surface area contributed by atoms with Crippen LogP contribution in [-0.2, 0) is 0 Å². The number of nitro benzene ring substituents is 1.